The third kappa shape index (κ3) is 2.41. The monoisotopic (exact) mass is 268 g/mol. The molecule has 0 unspecified atom stereocenters. The quantitative estimate of drug-likeness (QED) is 0.930. The van der Waals surface area contributed by atoms with E-state index in [-0.39, 0.29) is 17.9 Å². The third-order valence-electron chi connectivity index (χ3n) is 4.19. The Labute approximate surface area is 119 Å². The van der Waals surface area contributed by atoms with Gasteiger partial charge in [0, 0.05) is 25.6 Å². The van der Waals surface area contributed by atoms with E-state index in [1.807, 2.05) is 24.1 Å². The number of hydrogen-bond donors (Lipinski definition) is 1. The first-order valence-corrected chi connectivity index (χ1v) is 7.12. The molecule has 3 nitrogen and oxygen atoms in total. The number of rotatable bonds is 3. The van der Waals surface area contributed by atoms with Gasteiger partial charge in [-0.2, -0.15) is 0 Å². The second kappa shape index (κ2) is 5.25. The summed E-state index contributed by atoms with van der Waals surface area (Å²) in [6.45, 7) is 0.659. The van der Waals surface area contributed by atoms with Crippen molar-refractivity contribution in [2.24, 2.45) is 11.7 Å². The Balaban J connectivity index is 1.77. The maximum absolute atomic E-state index is 12.3. The minimum absolute atomic E-state index is 0.130. The molecule has 0 bridgehead atoms. The van der Waals surface area contributed by atoms with E-state index in [0.29, 0.717) is 6.54 Å². The summed E-state index contributed by atoms with van der Waals surface area (Å²) in [6.07, 6.45) is 1.66. The van der Waals surface area contributed by atoms with Gasteiger partial charge >= 0.3 is 0 Å². The van der Waals surface area contributed by atoms with Crippen LogP contribution in [0.25, 0.3) is 10.8 Å². The number of benzene rings is 2. The summed E-state index contributed by atoms with van der Waals surface area (Å²) in [5, 5.41) is 2.44. The Kier molecular flexibility index (Phi) is 3.45. The standard InChI is InChI=1S/C17H20N2O/c1-19(17(20)14-9-15(18)10-14)11-13-7-4-6-12-5-2-3-8-16(12)13/h2-8,14-15H,9-11,18H2,1H3. The van der Waals surface area contributed by atoms with Crippen molar-refractivity contribution in [3.05, 3.63) is 48.0 Å². The zero-order chi connectivity index (χ0) is 14.1. The van der Waals surface area contributed by atoms with Gasteiger partial charge in [-0.3, -0.25) is 4.79 Å². The van der Waals surface area contributed by atoms with Gasteiger partial charge in [0.2, 0.25) is 5.91 Å². The predicted octanol–water partition coefficient (Wildman–Crippen LogP) is 2.54. The smallest absolute Gasteiger partial charge is 0.225 e. The molecule has 0 heterocycles. The SMILES string of the molecule is CN(Cc1cccc2ccccc12)C(=O)C1CC(N)C1. The van der Waals surface area contributed by atoms with E-state index >= 15 is 0 Å². The largest absolute Gasteiger partial charge is 0.341 e. The number of nitrogens with zero attached hydrogens (tertiary/aromatic N) is 1. The lowest BCUT2D eigenvalue weighted by atomic mass is 9.80. The van der Waals surface area contributed by atoms with Gasteiger partial charge in [0.1, 0.15) is 0 Å². The fraction of sp³-hybridized carbons (Fsp3) is 0.353. The van der Waals surface area contributed by atoms with Crippen LogP contribution >= 0.6 is 0 Å². The van der Waals surface area contributed by atoms with Crippen LogP contribution in [0.2, 0.25) is 0 Å². The summed E-state index contributed by atoms with van der Waals surface area (Å²) in [7, 11) is 1.88. The zero-order valence-electron chi connectivity index (χ0n) is 11.8. The van der Waals surface area contributed by atoms with E-state index < -0.39 is 0 Å². The van der Waals surface area contributed by atoms with Crippen molar-refractivity contribution in [2.45, 2.75) is 25.4 Å². The van der Waals surface area contributed by atoms with Crippen LogP contribution in [0.3, 0.4) is 0 Å². The number of fused-ring (bicyclic) bond motifs is 1. The maximum atomic E-state index is 12.3. The van der Waals surface area contributed by atoms with E-state index in [0.717, 1.165) is 12.8 Å². The lowest BCUT2D eigenvalue weighted by molar-refractivity contribution is -0.137. The number of carbonyl (C=O) groups excluding carboxylic acids is 1. The number of nitrogens with two attached hydrogens (primary N) is 1. The van der Waals surface area contributed by atoms with Crippen molar-refractivity contribution in [2.75, 3.05) is 7.05 Å². The lowest BCUT2D eigenvalue weighted by Crippen LogP contribution is -2.45. The highest BCUT2D eigenvalue weighted by molar-refractivity contribution is 5.86. The topological polar surface area (TPSA) is 46.3 Å². The normalized spacial score (nSPS) is 21.5. The van der Waals surface area contributed by atoms with Gasteiger partial charge in [-0.15, -0.1) is 0 Å². The second-order valence-electron chi connectivity index (χ2n) is 5.76. The highest BCUT2D eigenvalue weighted by atomic mass is 16.2. The molecular weight excluding hydrogens is 248 g/mol. The van der Waals surface area contributed by atoms with E-state index in [1.165, 1.54) is 16.3 Å². The Bertz CT molecular complexity index is 626. The van der Waals surface area contributed by atoms with Crippen molar-refractivity contribution in [3.8, 4) is 0 Å². The molecule has 1 fully saturated rings. The molecule has 2 aromatic rings. The molecule has 20 heavy (non-hydrogen) atoms. The Morgan fingerprint density at radius 3 is 2.65 bits per heavy atom. The van der Waals surface area contributed by atoms with Gasteiger partial charge < -0.3 is 10.6 Å². The summed E-state index contributed by atoms with van der Waals surface area (Å²) < 4.78 is 0. The van der Waals surface area contributed by atoms with Gasteiger partial charge in [-0.1, -0.05) is 42.5 Å². The van der Waals surface area contributed by atoms with E-state index in [4.69, 9.17) is 5.73 Å². The Morgan fingerprint density at radius 1 is 1.20 bits per heavy atom. The zero-order valence-corrected chi connectivity index (χ0v) is 11.8. The molecule has 0 saturated heterocycles. The molecule has 1 amide bonds. The van der Waals surface area contributed by atoms with E-state index in [1.54, 1.807) is 0 Å². The molecule has 0 aliphatic heterocycles. The molecule has 3 heteroatoms. The van der Waals surface area contributed by atoms with Crippen molar-refractivity contribution in [1.82, 2.24) is 4.90 Å². The van der Waals surface area contributed by atoms with Crippen LogP contribution in [0, 0.1) is 5.92 Å². The van der Waals surface area contributed by atoms with Gasteiger partial charge in [-0.25, -0.2) is 0 Å². The number of carbonyl (C=O) groups is 1. The average molecular weight is 268 g/mol. The predicted molar refractivity (Wildman–Crippen MR) is 81.1 cm³/mol. The molecule has 0 spiro atoms. The minimum Gasteiger partial charge on any atom is -0.341 e. The van der Waals surface area contributed by atoms with Crippen LogP contribution in [-0.2, 0) is 11.3 Å². The van der Waals surface area contributed by atoms with Crippen LogP contribution in [0.4, 0.5) is 0 Å². The lowest BCUT2D eigenvalue weighted by Gasteiger charge is -2.34. The van der Waals surface area contributed by atoms with Gasteiger partial charge in [0.25, 0.3) is 0 Å². The van der Waals surface area contributed by atoms with Gasteiger partial charge in [0.15, 0.2) is 0 Å². The highest BCUT2D eigenvalue weighted by Gasteiger charge is 2.33. The molecule has 1 aliphatic rings. The van der Waals surface area contributed by atoms with Crippen LogP contribution in [-0.4, -0.2) is 23.9 Å². The summed E-state index contributed by atoms with van der Waals surface area (Å²) in [5.41, 5.74) is 6.96. The summed E-state index contributed by atoms with van der Waals surface area (Å²) in [5.74, 6) is 0.351. The van der Waals surface area contributed by atoms with Crippen molar-refractivity contribution < 1.29 is 4.79 Å². The first-order valence-electron chi connectivity index (χ1n) is 7.12. The molecule has 0 radical (unpaired) electrons. The van der Waals surface area contributed by atoms with Crippen molar-refractivity contribution >= 4 is 16.7 Å². The molecule has 104 valence electrons. The molecular formula is C17H20N2O. The van der Waals surface area contributed by atoms with Crippen LogP contribution in [0.1, 0.15) is 18.4 Å². The Morgan fingerprint density at radius 2 is 1.90 bits per heavy atom. The molecule has 3 rings (SSSR count). The number of amides is 1. The second-order valence-corrected chi connectivity index (χ2v) is 5.76. The van der Waals surface area contributed by atoms with Crippen LogP contribution in [0.15, 0.2) is 42.5 Å². The maximum Gasteiger partial charge on any atom is 0.225 e. The Hall–Kier alpha value is -1.87. The van der Waals surface area contributed by atoms with Crippen LogP contribution < -0.4 is 5.73 Å². The van der Waals surface area contributed by atoms with Crippen molar-refractivity contribution in [1.29, 1.82) is 0 Å². The third-order valence-corrected chi connectivity index (χ3v) is 4.19. The molecule has 2 aromatic carbocycles. The van der Waals surface area contributed by atoms with E-state index in [9.17, 15) is 4.79 Å². The highest BCUT2D eigenvalue weighted by Crippen LogP contribution is 2.28. The van der Waals surface area contributed by atoms with E-state index in [2.05, 4.69) is 30.3 Å². The summed E-state index contributed by atoms with van der Waals surface area (Å²) in [4.78, 5) is 14.1. The molecule has 2 N–H and O–H groups in total. The average Bonchev–Trinajstić information content (AvgIpc) is 2.43. The summed E-state index contributed by atoms with van der Waals surface area (Å²) in [6, 6.07) is 14.8. The fourth-order valence-electron chi connectivity index (χ4n) is 2.94. The molecule has 1 aliphatic carbocycles. The molecule has 0 aromatic heterocycles. The number of hydrogen-bond acceptors (Lipinski definition) is 2. The first kappa shape index (κ1) is 13.1. The van der Waals surface area contributed by atoms with Crippen LogP contribution in [0.5, 0.6) is 0 Å². The minimum atomic E-state index is 0.130. The molecule has 0 atom stereocenters. The van der Waals surface area contributed by atoms with Crippen molar-refractivity contribution in [3.63, 3.8) is 0 Å². The molecule has 1 saturated carbocycles. The summed E-state index contributed by atoms with van der Waals surface area (Å²) >= 11 is 0. The van der Waals surface area contributed by atoms with Gasteiger partial charge in [-0.05, 0) is 29.2 Å². The first-order chi connectivity index (χ1) is 9.65. The van der Waals surface area contributed by atoms with Gasteiger partial charge in [0.05, 0.1) is 0 Å². The fourth-order valence-corrected chi connectivity index (χ4v) is 2.94.